The molecule has 0 aliphatic rings. The number of non-ortho nitro benzene ring substituents is 1. The van der Waals surface area contributed by atoms with Crippen molar-refractivity contribution in [2.24, 2.45) is 0 Å². The van der Waals surface area contributed by atoms with Crippen molar-refractivity contribution < 1.29 is 19.2 Å². The minimum absolute atomic E-state index is 0.0212. The van der Waals surface area contributed by atoms with Gasteiger partial charge in [0.25, 0.3) is 11.6 Å². The predicted octanol–water partition coefficient (Wildman–Crippen LogP) is 5.43. The van der Waals surface area contributed by atoms with Crippen molar-refractivity contribution in [3.63, 3.8) is 0 Å². The van der Waals surface area contributed by atoms with Gasteiger partial charge in [0.1, 0.15) is 5.69 Å². The lowest BCUT2D eigenvalue weighted by atomic mass is 10.1. The van der Waals surface area contributed by atoms with Crippen LogP contribution in [0.3, 0.4) is 0 Å². The highest BCUT2D eigenvalue weighted by molar-refractivity contribution is 6.30. The molecule has 0 bridgehead atoms. The second-order valence-corrected chi connectivity index (χ2v) is 8.71. The molecule has 4 aromatic rings. The number of aromatic nitrogens is 2. The van der Waals surface area contributed by atoms with Gasteiger partial charge in [-0.3, -0.25) is 14.9 Å². The molecule has 1 aromatic heterocycles. The summed E-state index contributed by atoms with van der Waals surface area (Å²) in [5.41, 5.74) is 3.16. The van der Waals surface area contributed by atoms with E-state index in [-0.39, 0.29) is 11.6 Å². The summed E-state index contributed by atoms with van der Waals surface area (Å²) in [6.07, 6.45) is 0.604. The van der Waals surface area contributed by atoms with E-state index in [4.69, 9.17) is 21.1 Å². The molecule has 0 radical (unpaired) electrons. The zero-order valence-electron chi connectivity index (χ0n) is 20.6. The number of amides is 1. The Hall–Kier alpha value is -4.37. The van der Waals surface area contributed by atoms with Crippen molar-refractivity contribution in [3.8, 4) is 28.4 Å². The molecule has 10 heteroatoms. The Kier molecular flexibility index (Phi) is 7.74. The lowest BCUT2D eigenvalue weighted by Crippen LogP contribution is -2.30. The normalized spacial score (nSPS) is 10.7. The number of nitro groups is 1. The average Bonchev–Trinajstić information content (AvgIpc) is 3.37. The van der Waals surface area contributed by atoms with Gasteiger partial charge in [0.2, 0.25) is 0 Å². The summed E-state index contributed by atoms with van der Waals surface area (Å²) >= 11 is 6.06. The third-order valence-corrected chi connectivity index (χ3v) is 6.16. The zero-order chi connectivity index (χ0) is 26.5. The summed E-state index contributed by atoms with van der Waals surface area (Å²) in [7, 11) is 4.89. The molecule has 37 heavy (non-hydrogen) atoms. The van der Waals surface area contributed by atoms with Crippen LogP contribution in [0.1, 0.15) is 16.1 Å². The van der Waals surface area contributed by atoms with E-state index < -0.39 is 4.92 Å². The van der Waals surface area contributed by atoms with Crippen LogP contribution in [0.5, 0.6) is 11.5 Å². The summed E-state index contributed by atoms with van der Waals surface area (Å²) in [5, 5.41) is 16.2. The first kappa shape index (κ1) is 25.7. The topological polar surface area (TPSA) is 99.7 Å². The second-order valence-electron chi connectivity index (χ2n) is 8.27. The molecule has 0 spiro atoms. The summed E-state index contributed by atoms with van der Waals surface area (Å²) in [4.78, 5) is 25.7. The predicted molar refractivity (Wildman–Crippen MR) is 141 cm³/mol. The van der Waals surface area contributed by atoms with Gasteiger partial charge >= 0.3 is 0 Å². The van der Waals surface area contributed by atoms with Crippen LogP contribution in [0.4, 0.5) is 5.69 Å². The lowest BCUT2D eigenvalue weighted by Gasteiger charge is -2.18. The van der Waals surface area contributed by atoms with Crippen LogP contribution in [0.25, 0.3) is 16.9 Å². The number of methoxy groups -OCH3 is 2. The average molecular weight is 521 g/mol. The van der Waals surface area contributed by atoms with Crippen molar-refractivity contribution in [3.05, 3.63) is 99.2 Å². The van der Waals surface area contributed by atoms with E-state index in [1.54, 1.807) is 73.3 Å². The number of hydrogen-bond donors (Lipinski definition) is 0. The molecule has 0 aliphatic carbocycles. The van der Waals surface area contributed by atoms with Crippen molar-refractivity contribution in [2.75, 3.05) is 27.8 Å². The Morgan fingerprint density at radius 2 is 1.68 bits per heavy atom. The number of carbonyl (C=O) groups is 1. The van der Waals surface area contributed by atoms with E-state index in [1.165, 1.54) is 12.1 Å². The van der Waals surface area contributed by atoms with Crippen molar-refractivity contribution in [1.29, 1.82) is 0 Å². The smallest absolute Gasteiger partial charge is 0.272 e. The number of halogens is 1. The summed E-state index contributed by atoms with van der Waals surface area (Å²) < 4.78 is 12.2. The molecular weight excluding hydrogens is 496 g/mol. The standard InChI is InChI=1S/C27H25ClN4O5/c1-30(15-14-18-4-13-25(36-2)26(16-18)37-3)27(33)24-17-23(19-5-9-22(10-6-19)32(34)35)29-31(24)21-11-7-20(28)8-12-21/h4-13,16-17H,14-15H2,1-3H3. The first-order chi connectivity index (χ1) is 17.8. The molecule has 0 saturated heterocycles. The molecule has 3 aromatic carbocycles. The number of hydrogen-bond acceptors (Lipinski definition) is 6. The van der Waals surface area contributed by atoms with E-state index in [1.807, 2.05) is 18.2 Å². The first-order valence-electron chi connectivity index (χ1n) is 11.4. The van der Waals surface area contributed by atoms with E-state index >= 15 is 0 Å². The number of nitrogens with zero attached hydrogens (tertiary/aromatic N) is 4. The molecule has 0 fully saturated rings. The van der Waals surface area contributed by atoms with E-state index in [2.05, 4.69) is 5.10 Å². The first-order valence-corrected chi connectivity index (χ1v) is 11.8. The second kappa shape index (κ2) is 11.1. The maximum atomic E-state index is 13.5. The van der Waals surface area contributed by atoms with Crippen LogP contribution in [-0.4, -0.2) is 53.3 Å². The maximum Gasteiger partial charge on any atom is 0.272 e. The Morgan fingerprint density at radius 3 is 2.30 bits per heavy atom. The molecule has 9 nitrogen and oxygen atoms in total. The molecule has 4 rings (SSSR count). The fourth-order valence-corrected chi connectivity index (χ4v) is 3.96. The fraction of sp³-hybridized carbons (Fsp3) is 0.185. The monoisotopic (exact) mass is 520 g/mol. The minimum atomic E-state index is -0.460. The number of likely N-dealkylation sites (N-methyl/N-ethyl adjacent to an activating group) is 1. The third kappa shape index (κ3) is 5.73. The molecule has 0 unspecified atom stereocenters. The van der Waals surface area contributed by atoms with Gasteiger partial charge in [-0.15, -0.1) is 0 Å². The summed E-state index contributed by atoms with van der Waals surface area (Å²) in [5.74, 6) is 1.04. The van der Waals surface area contributed by atoms with E-state index in [0.29, 0.717) is 52.1 Å². The number of rotatable bonds is 9. The summed E-state index contributed by atoms with van der Waals surface area (Å²) in [6.45, 7) is 0.451. The third-order valence-electron chi connectivity index (χ3n) is 5.90. The quantitative estimate of drug-likeness (QED) is 0.215. The van der Waals surface area contributed by atoms with Gasteiger partial charge in [0.15, 0.2) is 11.5 Å². The number of carbonyl (C=O) groups excluding carboxylic acids is 1. The molecule has 190 valence electrons. The Labute approximate surface area is 219 Å². The van der Waals surface area contributed by atoms with Gasteiger partial charge in [-0.05, 0) is 66.6 Å². The van der Waals surface area contributed by atoms with Gasteiger partial charge < -0.3 is 14.4 Å². The van der Waals surface area contributed by atoms with Gasteiger partial charge in [0, 0.05) is 36.3 Å². The minimum Gasteiger partial charge on any atom is -0.493 e. The number of benzene rings is 3. The molecular formula is C27H25ClN4O5. The van der Waals surface area contributed by atoms with Crippen LogP contribution < -0.4 is 9.47 Å². The number of nitro benzene ring substituents is 1. The Morgan fingerprint density at radius 1 is 1.00 bits per heavy atom. The number of ether oxygens (including phenoxy) is 2. The van der Waals surface area contributed by atoms with Crippen LogP contribution in [0, 0.1) is 10.1 Å². The van der Waals surface area contributed by atoms with Gasteiger partial charge in [-0.25, -0.2) is 4.68 Å². The van der Waals surface area contributed by atoms with Crippen LogP contribution >= 0.6 is 11.6 Å². The molecule has 0 atom stereocenters. The van der Waals surface area contributed by atoms with Gasteiger partial charge in [-0.2, -0.15) is 5.10 Å². The SMILES string of the molecule is COc1ccc(CCN(C)C(=O)c2cc(-c3ccc([N+](=O)[O-])cc3)nn2-c2ccc(Cl)cc2)cc1OC. The van der Waals surface area contributed by atoms with E-state index in [0.717, 1.165) is 5.56 Å². The molecule has 0 saturated carbocycles. The lowest BCUT2D eigenvalue weighted by molar-refractivity contribution is -0.384. The van der Waals surface area contributed by atoms with Crippen LogP contribution in [-0.2, 0) is 6.42 Å². The van der Waals surface area contributed by atoms with E-state index in [9.17, 15) is 14.9 Å². The van der Waals surface area contributed by atoms with Crippen molar-refractivity contribution in [2.45, 2.75) is 6.42 Å². The van der Waals surface area contributed by atoms with Crippen LogP contribution in [0.15, 0.2) is 72.8 Å². The summed E-state index contributed by atoms with van der Waals surface area (Å²) in [6, 6.07) is 20.4. The van der Waals surface area contributed by atoms with Gasteiger partial charge in [0.05, 0.1) is 30.5 Å². The molecule has 1 heterocycles. The highest BCUT2D eigenvalue weighted by Gasteiger charge is 2.21. The van der Waals surface area contributed by atoms with Gasteiger partial charge in [-0.1, -0.05) is 17.7 Å². The van der Waals surface area contributed by atoms with Crippen molar-refractivity contribution in [1.82, 2.24) is 14.7 Å². The molecule has 0 aliphatic heterocycles. The maximum absolute atomic E-state index is 13.5. The Bertz CT molecular complexity index is 1420. The largest absolute Gasteiger partial charge is 0.493 e. The molecule has 0 N–H and O–H groups in total. The highest BCUT2D eigenvalue weighted by atomic mass is 35.5. The van der Waals surface area contributed by atoms with Crippen LogP contribution in [0.2, 0.25) is 5.02 Å². The fourth-order valence-electron chi connectivity index (χ4n) is 3.84. The zero-order valence-corrected chi connectivity index (χ0v) is 21.3. The highest BCUT2D eigenvalue weighted by Crippen LogP contribution is 2.28. The molecule has 1 amide bonds. The Balaban J connectivity index is 1.62. The van der Waals surface area contributed by atoms with Crippen molar-refractivity contribution >= 4 is 23.2 Å².